The van der Waals surface area contributed by atoms with Crippen molar-refractivity contribution in [2.24, 2.45) is 0 Å². The molecule has 3 N–H and O–H groups in total. The molecule has 0 radical (unpaired) electrons. The third kappa shape index (κ3) is 5.69. The van der Waals surface area contributed by atoms with Crippen LogP contribution in [0.2, 0.25) is 0 Å². The molecule has 1 rings (SSSR count). The second-order valence-corrected chi connectivity index (χ2v) is 7.02. The smallest absolute Gasteiger partial charge is 0.332 e. The fraction of sp³-hybridized carbons (Fsp3) is 0.833. The standard InChI is InChI=1S/C12H22N2O4S/c1-12(2)4-6-14(7-8-19-12)11(18)13-5-3-9(15)10(16)17/h9,15H,3-8H2,1-2H3,(H,13,18)(H,16,17). The first-order valence-corrected chi connectivity index (χ1v) is 7.38. The van der Waals surface area contributed by atoms with Crippen LogP contribution in [0.25, 0.3) is 0 Å². The lowest BCUT2D eigenvalue weighted by atomic mass is 10.1. The molecule has 0 aromatic carbocycles. The van der Waals surface area contributed by atoms with Crippen LogP contribution in [0.1, 0.15) is 26.7 Å². The van der Waals surface area contributed by atoms with Gasteiger partial charge in [-0.05, 0) is 6.42 Å². The summed E-state index contributed by atoms with van der Waals surface area (Å²) in [6.07, 6.45) is -0.461. The Morgan fingerprint density at radius 2 is 2.11 bits per heavy atom. The maximum absolute atomic E-state index is 11.9. The lowest BCUT2D eigenvalue weighted by Crippen LogP contribution is -2.42. The van der Waals surface area contributed by atoms with Crippen molar-refractivity contribution in [1.29, 1.82) is 0 Å². The van der Waals surface area contributed by atoms with E-state index in [9.17, 15) is 9.59 Å². The number of urea groups is 1. The summed E-state index contributed by atoms with van der Waals surface area (Å²) in [5.74, 6) is -0.361. The second-order valence-electron chi connectivity index (χ2n) is 5.22. The Morgan fingerprint density at radius 3 is 2.74 bits per heavy atom. The Labute approximate surface area is 117 Å². The second kappa shape index (κ2) is 7.00. The minimum atomic E-state index is -1.42. The molecule has 0 aliphatic carbocycles. The van der Waals surface area contributed by atoms with Gasteiger partial charge in [-0.2, -0.15) is 11.8 Å². The van der Waals surface area contributed by atoms with Crippen molar-refractivity contribution in [3.8, 4) is 0 Å². The number of carbonyl (C=O) groups excluding carboxylic acids is 1. The summed E-state index contributed by atoms with van der Waals surface area (Å²) in [7, 11) is 0. The molecule has 0 spiro atoms. The van der Waals surface area contributed by atoms with Crippen molar-refractivity contribution in [2.75, 3.05) is 25.4 Å². The van der Waals surface area contributed by atoms with Crippen LogP contribution in [0.3, 0.4) is 0 Å². The number of hydrogen-bond acceptors (Lipinski definition) is 4. The number of carboxylic acids is 1. The fourth-order valence-electron chi connectivity index (χ4n) is 1.77. The molecule has 1 aliphatic heterocycles. The minimum absolute atomic E-state index is 0.0230. The van der Waals surface area contributed by atoms with Gasteiger partial charge in [0, 0.05) is 36.6 Å². The maximum atomic E-state index is 11.9. The van der Waals surface area contributed by atoms with Crippen LogP contribution >= 0.6 is 11.8 Å². The van der Waals surface area contributed by atoms with Gasteiger partial charge in [-0.1, -0.05) is 13.8 Å². The van der Waals surface area contributed by atoms with E-state index in [4.69, 9.17) is 10.2 Å². The van der Waals surface area contributed by atoms with Crippen molar-refractivity contribution in [2.45, 2.75) is 37.5 Å². The first kappa shape index (κ1) is 16.1. The average Bonchev–Trinajstić information content (AvgIpc) is 2.49. The van der Waals surface area contributed by atoms with Crippen LogP contribution in [0.4, 0.5) is 4.79 Å². The molecule has 1 atom stereocenters. The molecule has 1 saturated heterocycles. The third-order valence-corrected chi connectivity index (χ3v) is 4.48. The largest absolute Gasteiger partial charge is 0.479 e. The predicted octanol–water partition coefficient (Wildman–Crippen LogP) is 0.749. The summed E-state index contributed by atoms with van der Waals surface area (Å²) in [4.78, 5) is 24.1. The molecule has 6 nitrogen and oxygen atoms in total. The number of rotatable bonds is 4. The quantitative estimate of drug-likeness (QED) is 0.711. The molecule has 0 bridgehead atoms. The Balaban J connectivity index is 2.31. The number of aliphatic carboxylic acids is 1. The van der Waals surface area contributed by atoms with Crippen molar-refractivity contribution in [3.63, 3.8) is 0 Å². The summed E-state index contributed by atoms with van der Waals surface area (Å²) in [6.45, 7) is 5.90. The number of carbonyl (C=O) groups is 2. The molecule has 0 aromatic rings. The van der Waals surface area contributed by atoms with Gasteiger partial charge >= 0.3 is 12.0 Å². The van der Waals surface area contributed by atoms with E-state index in [-0.39, 0.29) is 23.7 Å². The zero-order chi connectivity index (χ0) is 14.5. The van der Waals surface area contributed by atoms with E-state index in [0.29, 0.717) is 13.1 Å². The molecular formula is C12H22N2O4S. The lowest BCUT2D eigenvalue weighted by Gasteiger charge is -2.23. The van der Waals surface area contributed by atoms with Gasteiger partial charge in [0.15, 0.2) is 6.10 Å². The summed E-state index contributed by atoms with van der Waals surface area (Å²) in [5.41, 5.74) is 0. The molecule has 7 heteroatoms. The van der Waals surface area contributed by atoms with Crippen molar-refractivity contribution < 1.29 is 19.8 Å². The molecule has 2 amide bonds. The number of carboxylic acid groups (broad SMARTS) is 1. The molecule has 1 fully saturated rings. The van der Waals surface area contributed by atoms with Crippen LogP contribution < -0.4 is 5.32 Å². The molecule has 0 aromatic heterocycles. The first-order chi connectivity index (χ1) is 8.82. The van der Waals surface area contributed by atoms with E-state index in [1.54, 1.807) is 4.90 Å². The van der Waals surface area contributed by atoms with Gasteiger partial charge < -0.3 is 20.4 Å². The van der Waals surface area contributed by atoms with Crippen LogP contribution in [-0.4, -0.2) is 63.4 Å². The monoisotopic (exact) mass is 290 g/mol. The maximum Gasteiger partial charge on any atom is 0.332 e. The van der Waals surface area contributed by atoms with E-state index < -0.39 is 12.1 Å². The zero-order valence-electron chi connectivity index (χ0n) is 11.4. The van der Waals surface area contributed by atoms with Gasteiger partial charge in [0.25, 0.3) is 0 Å². The van der Waals surface area contributed by atoms with Gasteiger partial charge in [0.1, 0.15) is 0 Å². The van der Waals surface area contributed by atoms with E-state index in [1.807, 2.05) is 11.8 Å². The van der Waals surface area contributed by atoms with Gasteiger partial charge in [-0.3, -0.25) is 0 Å². The molecule has 1 aliphatic rings. The molecule has 1 unspecified atom stereocenters. The fourth-order valence-corrected chi connectivity index (χ4v) is 2.87. The van der Waals surface area contributed by atoms with E-state index in [0.717, 1.165) is 12.2 Å². The van der Waals surface area contributed by atoms with E-state index >= 15 is 0 Å². The number of hydrogen-bond donors (Lipinski definition) is 3. The number of amides is 2. The number of nitrogens with zero attached hydrogens (tertiary/aromatic N) is 1. The Morgan fingerprint density at radius 1 is 1.42 bits per heavy atom. The molecule has 19 heavy (non-hydrogen) atoms. The SMILES string of the molecule is CC1(C)CCN(C(=O)NCCC(O)C(=O)O)CCS1. The third-order valence-electron chi connectivity index (χ3n) is 3.10. The highest BCUT2D eigenvalue weighted by molar-refractivity contribution is 8.00. The topological polar surface area (TPSA) is 89.9 Å². The van der Waals surface area contributed by atoms with Crippen LogP contribution in [-0.2, 0) is 4.79 Å². The lowest BCUT2D eigenvalue weighted by molar-refractivity contribution is -0.146. The minimum Gasteiger partial charge on any atom is -0.479 e. The highest BCUT2D eigenvalue weighted by atomic mass is 32.2. The van der Waals surface area contributed by atoms with Gasteiger partial charge in [0.2, 0.25) is 0 Å². The highest BCUT2D eigenvalue weighted by Crippen LogP contribution is 2.30. The van der Waals surface area contributed by atoms with Crippen molar-refractivity contribution in [1.82, 2.24) is 10.2 Å². The first-order valence-electron chi connectivity index (χ1n) is 6.39. The van der Waals surface area contributed by atoms with Crippen molar-refractivity contribution in [3.05, 3.63) is 0 Å². The number of thioether (sulfide) groups is 1. The summed E-state index contributed by atoms with van der Waals surface area (Å²) in [5, 5.41) is 20.3. The van der Waals surface area contributed by atoms with Gasteiger partial charge in [-0.15, -0.1) is 0 Å². The predicted molar refractivity (Wildman–Crippen MR) is 74.4 cm³/mol. The molecule has 0 saturated carbocycles. The highest BCUT2D eigenvalue weighted by Gasteiger charge is 2.25. The van der Waals surface area contributed by atoms with E-state index in [1.165, 1.54) is 0 Å². The normalized spacial score (nSPS) is 20.5. The summed E-state index contributed by atoms with van der Waals surface area (Å²) in [6, 6.07) is -0.184. The average molecular weight is 290 g/mol. The van der Waals surface area contributed by atoms with Gasteiger partial charge in [0.05, 0.1) is 0 Å². The van der Waals surface area contributed by atoms with Crippen LogP contribution in [0.5, 0.6) is 0 Å². The number of nitrogens with one attached hydrogen (secondary N) is 1. The van der Waals surface area contributed by atoms with Crippen LogP contribution in [0.15, 0.2) is 0 Å². The number of aliphatic hydroxyl groups is 1. The Kier molecular flexibility index (Phi) is 5.93. The van der Waals surface area contributed by atoms with Gasteiger partial charge in [-0.25, -0.2) is 9.59 Å². The number of aliphatic hydroxyl groups excluding tert-OH is 1. The molecule has 1 heterocycles. The van der Waals surface area contributed by atoms with E-state index in [2.05, 4.69) is 19.2 Å². The van der Waals surface area contributed by atoms with Crippen LogP contribution in [0, 0.1) is 0 Å². The summed E-state index contributed by atoms with van der Waals surface area (Å²) < 4.78 is 0.189. The molecule has 110 valence electrons. The Bertz CT molecular complexity index is 336. The summed E-state index contributed by atoms with van der Waals surface area (Å²) >= 11 is 1.86. The Hall–Kier alpha value is -0.950. The van der Waals surface area contributed by atoms with Crippen molar-refractivity contribution >= 4 is 23.8 Å². The zero-order valence-corrected chi connectivity index (χ0v) is 12.2. The molecular weight excluding hydrogens is 268 g/mol.